The summed E-state index contributed by atoms with van der Waals surface area (Å²) in [5.41, 5.74) is 5.30. The number of rotatable bonds is 5. The fourth-order valence-corrected chi connectivity index (χ4v) is 1.33. The predicted molar refractivity (Wildman–Crippen MR) is 62.3 cm³/mol. The molecule has 1 aromatic rings. The van der Waals surface area contributed by atoms with Crippen molar-refractivity contribution in [1.29, 1.82) is 0 Å². The Kier molecular flexibility index (Phi) is 4.19. The Labute approximate surface area is 102 Å². The van der Waals surface area contributed by atoms with E-state index in [0.717, 1.165) is 4.90 Å². The van der Waals surface area contributed by atoms with E-state index in [4.69, 9.17) is 10.8 Å². The molecule has 0 spiro atoms. The van der Waals surface area contributed by atoms with Crippen LogP contribution in [-0.4, -0.2) is 28.6 Å². The first-order valence-electron chi connectivity index (χ1n) is 4.95. The summed E-state index contributed by atoms with van der Waals surface area (Å²) in [5, 5.41) is 19.0. The molecule has 0 saturated carbocycles. The van der Waals surface area contributed by atoms with E-state index in [1.165, 1.54) is 24.3 Å². The van der Waals surface area contributed by atoms with Gasteiger partial charge in [0.25, 0.3) is 5.69 Å². The van der Waals surface area contributed by atoms with E-state index in [0.29, 0.717) is 5.69 Å². The summed E-state index contributed by atoms with van der Waals surface area (Å²) in [7, 11) is 0. The zero-order valence-electron chi connectivity index (χ0n) is 9.28. The molecule has 0 saturated heterocycles. The predicted octanol–water partition coefficient (Wildman–Crippen LogP) is 0.955. The number of hydrogen-bond donors (Lipinski definition) is 2. The SMILES string of the molecule is NC(=O)N(CCC(=O)O)c1ccc([N+](=O)[O-])cc1. The minimum absolute atomic E-state index is 0.0948. The molecular formula is C10H11N3O5. The molecule has 8 nitrogen and oxygen atoms in total. The maximum absolute atomic E-state index is 11.2. The number of anilines is 1. The molecule has 0 aliphatic carbocycles. The largest absolute Gasteiger partial charge is 0.481 e. The minimum Gasteiger partial charge on any atom is -0.481 e. The molecule has 0 aromatic heterocycles. The number of hydrogen-bond acceptors (Lipinski definition) is 4. The summed E-state index contributed by atoms with van der Waals surface area (Å²) < 4.78 is 0. The Morgan fingerprint density at radius 1 is 1.33 bits per heavy atom. The lowest BCUT2D eigenvalue weighted by molar-refractivity contribution is -0.384. The number of nitrogens with two attached hydrogens (primary N) is 1. The minimum atomic E-state index is -1.07. The Bertz CT molecular complexity index is 471. The molecule has 96 valence electrons. The van der Waals surface area contributed by atoms with E-state index in [1.54, 1.807) is 0 Å². The molecule has 1 rings (SSSR count). The molecule has 0 heterocycles. The topological polar surface area (TPSA) is 127 Å². The van der Waals surface area contributed by atoms with Crippen LogP contribution in [0, 0.1) is 10.1 Å². The van der Waals surface area contributed by atoms with Crippen LogP contribution in [0.15, 0.2) is 24.3 Å². The first kappa shape index (κ1) is 13.4. The van der Waals surface area contributed by atoms with Gasteiger partial charge in [-0.1, -0.05) is 0 Å². The van der Waals surface area contributed by atoms with Gasteiger partial charge in [0.1, 0.15) is 0 Å². The van der Waals surface area contributed by atoms with Crippen molar-refractivity contribution >= 4 is 23.4 Å². The Morgan fingerprint density at radius 2 is 1.89 bits per heavy atom. The van der Waals surface area contributed by atoms with Crippen LogP contribution in [0.1, 0.15) is 6.42 Å². The summed E-state index contributed by atoms with van der Waals surface area (Å²) in [5.74, 6) is -1.07. The number of non-ortho nitro benzene ring substituents is 1. The number of nitrogens with zero attached hydrogens (tertiary/aromatic N) is 2. The number of carbonyl (C=O) groups excluding carboxylic acids is 1. The average molecular weight is 253 g/mol. The molecule has 0 aliphatic heterocycles. The molecule has 18 heavy (non-hydrogen) atoms. The lowest BCUT2D eigenvalue weighted by atomic mass is 10.2. The molecular weight excluding hydrogens is 242 g/mol. The maximum Gasteiger partial charge on any atom is 0.319 e. The molecule has 0 atom stereocenters. The van der Waals surface area contributed by atoms with Gasteiger partial charge in [0.05, 0.1) is 11.3 Å². The van der Waals surface area contributed by atoms with Gasteiger partial charge in [-0.2, -0.15) is 0 Å². The normalized spacial score (nSPS) is 9.78. The van der Waals surface area contributed by atoms with Crippen molar-refractivity contribution in [1.82, 2.24) is 0 Å². The van der Waals surface area contributed by atoms with Gasteiger partial charge in [0.2, 0.25) is 0 Å². The summed E-state index contributed by atoms with van der Waals surface area (Å²) in [6.45, 7) is -0.0948. The van der Waals surface area contributed by atoms with Gasteiger partial charge in [-0.25, -0.2) is 4.79 Å². The molecule has 0 bridgehead atoms. The number of aliphatic carboxylic acids is 1. The van der Waals surface area contributed by atoms with E-state index in [9.17, 15) is 19.7 Å². The highest BCUT2D eigenvalue weighted by molar-refractivity contribution is 5.91. The van der Waals surface area contributed by atoms with Crippen LogP contribution < -0.4 is 10.6 Å². The average Bonchev–Trinajstić information content (AvgIpc) is 2.29. The van der Waals surface area contributed by atoms with E-state index in [1.807, 2.05) is 0 Å². The molecule has 0 unspecified atom stereocenters. The van der Waals surface area contributed by atoms with E-state index in [2.05, 4.69) is 0 Å². The second-order valence-electron chi connectivity index (χ2n) is 3.41. The number of benzene rings is 1. The van der Waals surface area contributed by atoms with Crippen molar-refractivity contribution in [2.75, 3.05) is 11.4 Å². The van der Waals surface area contributed by atoms with Gasteiger partial charge in [0.15, 0.2) is 0 Å². The van der Waals surface area contributed by atoms with E-state index < -0.39 is 16.9 Å². The fourth-order valence-electron chi connectivity index (χ4n) is 1.33. The molecule has 2 amide bonds. The third-order valence-corrected chi connectivity index (χ3v) is 2.19. The summed E-state index contributed by atoms with van der Waals surface area (Å²) >= 11 is 0. The van der Waals surface area contributed by atoms with Crippen LogP contribution in [0.5, 0.6) is 0 Å². The van der Waals surface area contributed by atoms with Crippen molar-refractivity contribution in [2.24, 2.45) is 5.73 Å². The molecule has 0 aliphatic rings. The van der Waals surface area contributed by atoms with Crippen LogP contribution in [0.3, 0.4) is 0 Å². The lowest BCUT2D eigenvalue weighted by Crippen LogP contribution is -2.37. The highest BCUT2D eigenvalue weighted by Crippen LogP contribution is 2.19. The van der Waals surface area contributed by atoms with E-state index in [-0.39, 0.29) is 18.7 Å². The van der Waals surface area contributed by atoms with Crippen LogP contribution in [-0.2, 0) is 4.79 Å². The lowest BCUT2D eigenvalue weighted by Gasteiger charge is -2.19. The summed E-state index contributed by atoms with van der Waals surface area (Å²) in [6, 6.07) is 4.29. The number of nitro groups is 1. The number of carbonyl (C=O) groups is 2. The van der Waals surface area contributed by atoms with Crippen LogP contribution in [0.25, 0.3) is 0 Å². The van der Waals surface area contributed by atoms with Crippen LogP contribution in [0.4, 0.5) is 16.2 Å². The Hall–Kier alpha value is -2.64. The van der Waals surface area contributed by atoms with Crippen LogP contribution >= 0.6 is 0 Å². The second-order valence-corrected chi connectivity index (χ2v) is 3.41. The molecule has 0 fully saturated rings. The third kappa shape index (κ3) is 3.44. The molecule has 0 radical (unpaired) electrons. The number of amides is 2. The molecule has 1 aromatic carbocycles. The molecule has 8 heteroatoms. The number of carboxylic acid groups (broad SMARTS) is 1. The Balaban J connectivity index is 2.89. The van der Waals surface area contributed by atoms with Crippen molar-refractivity contribution in [3.8, 4) is 0 Å². The van der Waals surface area contributed by atoms with Gasteiger partial charge >= 0.3 is 12.0 Å². The summed E-state index contributed by atoms with van der Waals surface area (Å²) in [4.78, 5) is 32.5. The quantitative estimate of drug-likeness (QED) is 0.596. The van der Waals surface area contributed by atoms with Gasteiger partial charge in [-0.05, 0) is 12.1 Å². The first-order valence-corrected chi connectivity index (χ1v) is 4.95. The van der Waals surface area contributed by atoms with Crippen molar-refractivity contribution < 1.29 is 19.6 Å². The van der Waals surface area contributed by atoms with E-state index >= 15 is 0 Å². The van der Waals surface area contributed by atoms with Crippen molar-refractivity contribution in [2.45, 2.75) is 6.42 Å². The van der Waals surface area contributed by atoms with Gasteiger partial charge < -0.3 is 10.8 Å². The number of nitro benzene ring substituents is 1. The van der Waals surface area contributed by atoms with Gasteiger partial charge in [-0.15, -0.1) is 0 Å². The van der Waals surface area contributed by atoms with Gasteiger partial charge in [0, 0.05) is 24.4 Å². The maximum atomic E-state index is 11.2. The summed E-state index contributed by atoms with van der Waals surface area (Å²) in [6.07, 6.45) is -0.264. The number of primary amides is 1. The smallest absolute Gasteiger partial charge is 0.319 e. The first-order chi connectivity index (χ1) is 8.41. The second kappa shape index (κ2) is 5.62. The molecule has 3 N–H and O–H groups in total. The van der Waals surface area contributed by atoms with Crippen LogP contribution in [0.2, 0.25) is 0 Å². The zero-order chi connectivity index (χ0) is 13.7. The number of carboxylic acids is 1. The Morgan fingerprint density at radius 3 is 2.28 bits per heavy atom. The standard InChI is InChI=1S/C10H11N3O5/c11-10(16)12(6-5-9(14)15)7-1-3-8(4-2-7)13(17)18/h1-4H,5-6H2,(H2,11,16)(H,14,15). The number of urea groups is 1. The van der Waals surface area contributed by atoms with Crippen molar-refractivity contribution in [3.05, 3.63) is 34.4 Å². The highest BCUT2D eigenvalue weighted by Gasteiger charge is 2.15. The highest BCUT2D eigenvalue weighted by atomic mass is 16.6. The third-order valence-electron chi connectivity index (χ3n) is 2.19. The zero-order valence-corrected chi connectivity index (χ0v) is 9.28. The van der Waals surface area contributed by atoms with Gasteiger partial charge in [-0.3, -0.25) is 19.8 Å². The monoisotopic (exact) mass is 253 g/mol. The van der Waals surface area contributed by atoms with Crippen molar-refractivity contribution in [3.63, 3.8) is 0 Å². The fraction of sp³-hybridized carbons (Fsp3) is 0.200.